The summed E-state index contributed by atoms with van der Waals surface area (Å²) in [6.45, 7) is 22.1. The van der Waals surface area contributed by atoms with Crippen LogP contribution in [0.2, 0.25) is 0 Å². The molecule has 1 nitrogen and oxygen atoms in total. The van der Waals surface area contributed by atoms with Crippen LogP contribution in [-0.4, -0.2) is 4.98 Å². The summed E-state index contributed by atoms with van der Waals surface area (Å²) in [7, 11) is 0. The largest absolute Gasteiger partial charge is 0.264 e. The van der Waals surface area contributed by atoms with Gasteiger partial charge in [0.15, 0.2) is 0 Å². The number of allylic oxidation sites excluding steroid dienone is 3. The molecule has 0 aliphatic rings. The van der Waals surface area contributed by atoms with Crippen LogP contribution in [0.1, 0.15) is 44.4 Å². The highest BCUT2D eigenvalue weighted by molar-refractivity contribution is 6.21. The van der Waals surface area contributed by atoms with Crippen molar-refractivity contribution in [3.63, 3.8) is 0 Å². The predicted molar refractivity (Wildman–Crippen MR) is 247 cm³/mol. The molecule has 274 valence electrons. The van der Waals surface area contributed by atoms with Crippen molar-refractivity contribution in [2.45, 2.75) is 34.6 Å². The van der Waals surface area contributed by atoms with E-state index in [0.29, 0.717) is 0 Å². The highest BCUT2D eigenvalue weighted by Crippen LogP contribution is 2.45. The van der Waals surface area contributed by atoms with Crippen molar-refractivity contribution in [1.29, 1.82) is 0 Å². The summed E-state index contributed by atoms with van der Waals surface area (Å²) in [5.74, 6) is 0. The molecule has 0 spiro atoms. The fourth-order valence-electron chi connectivity index (χ4n) is 7.64. The number of pyridine rings is 1. The molecule has 0 aliphatic carbocycles. The van der Waals surface area contributed by atoms with Crippen molar-refractivity contribution in [3.05, 3.63) is 200 Å². The predicted octanol–water partition coefficient (Wildman–Crippen LogP) is 16.0. The van der Waals surface area contributed by atoms with Gasteiger partial charge in [0, 0.05) is 17.8 Å². The molecule has 7 aromatic carbocycles. The molecule has 1 heterocycles. The second-order valence-corrected chi connectivity index (χ2v) is 15.4. The minimum atomic E-state index is 0.196. The zero-order valence-corrected chi connectivity index (χ0v) is 33.2. The molecule has 0 aliphatic heterocycles. The number of hydrogen-bond acceptors (Lipinski definition) is 1. The highest BCUT2D eigenvalue weighted by atomic mass is 14.6. The molecule has 1 aromatic heterocycles. The van der Waals surface area contributed by atoms with Gasteiger partial charge in [0.25, 0.3) is 0 Å². The van der Waals surface area contributed by atoms with Gasteiger partial charge in [0.2, 0.25) is 0 Å². The van der Waals surface area contributed by atoms with Crippen LogP contribution in [0.4, 0.5) is 0 Å². The first-order valence-electron chi connectivity index (χ1n) is 19.3. The van der Waals surface area contributed by atoms with Crippen LogP contribution in [0.25, 0.3) is 89.0 Å². The summed E-state index contributed by atoms with van der Waals surface area (Å²) in [5, 5.41) is 7.31. The van der Waals surface area contributed by atoms with Crippen LogP contribution in [0.3, 0.4) is 0 Å². The first-order valence-corrected chi connectivity index (χ1v) is 19.3. The molecule has 56 heavy (non-hydrogen) atoms. The van der Waals surface area contributed by atoms with E-state index in [2.05, 4.69) is 205 Å². The lowest BCUT2D eigenvalue weighted by Crippen LogP contribution is -2.05. The minimum Gasteiger partial charge on any atom is -0.264 e. The molecule has 1 heteroatoms. The van der Waals surface area contributed by atoms with E-state index in [1.54, 1.807) is 6.08 Å². The average molecular weight is 724 g/mol. The van der Waals surface area contributed by atoms with Crippen LogP contribution in [0.15, 0.2) is 183 Å². The Kier molecular flexibility index (Phi) is 10.8. The van der Waals surface area contributed by atoms with E-state index >= 15 is 0 Å². The molecule has 0 radical (unpaired) electrons. The van der Waals surface area contributed by atoms with Crippen LogP contribution >= 0.6 is 0 Å². The van der Waals surface area contributed by atoms with E-state index in [-0.39, 0.29) is 5.41 Å². The SMILES string of the molecule is C=CC(=C)C(C)(C)C.C=Cc1cccc(-c2cccc(-c3c4ccc(C)cc4c(-c4cccc(-c5cccc6ccccc56)c4)c4ccncc34)c2)c1/C=C\C. The molecule has 0 fully saturated rings. The number of fused-ring (bicyclic) bond motifs is 3. The lowest BCUT2D eigenvalue weighted by molar-refractivity contribution is 0.519. The second kappa shape index (κ2) is 16.0. The van der Waals surface area contributed by atoms with Crippen molar-refractivity contribution in [1.82, 2.24) is 4.98 Å². The third-order valence-corrected chi connectivity index (χ3v) is 10.7. The van der Waals surface area contributed by atoms with Crippen molar-refractivity contribution < 1.29 is 0 Å². The van der Waals surface area contributed by atoms with Gasteiger partial charge in [-0.05, 0) is 120 Å². The average Bonchev–Trinajstić information content (AvgIpc) is 3.22. The first kappa shape index (κ1) is 37.7. The molecule has 0 bridgehead atoms. The van der Waals surface area contributed by atoms with Crippen LogP contribution in [0, 0.1) is 12.3 Å². The fourth-order valence-corrected chi connectivity index (χ4v) is 7.64. The van der Waals surface area contributed by atoms with E-state index < -0.39 is 0 Å². The Morgan fingerprint density at radius 1 is 0.589 bits per heavy atom. The molecule has 0 amide bonds. The lowest BCUT2D eigenvalue weighted by Gasteiger charge is -2.19. The zero-order chi connectivity index (χ0) is 39.4. The molecule has 8 aromatic rings. The summed E-state index contributed by atoms with van der Waals surface area (Å²) < 4.78 is 0. The lowest BCUT2D eigenvalue weighted by atomic mass is 9.84. The Morgan fingerprint density at radius 3 is 1.88 bits per heavy atom. The van der Waals surface area contributed by atoms with Gasteiger partial charge in [-0.2, -0.15) is 0 Å². The molecular weight excluding hydrogens is 675 g/mol. The minimum absolute atomic E-state index is 0.196. The highest BCUT2D eigenvalue weighted by Gasteiger charge is 2.19. The van der Waals surface area contributed by atoms with Gasteiger partial charge in [-0.3, -0.25) is 4.98 Å². The number of rotatable bonds is 7. The molecule has 0 atom stereocenters. The Hall–Kier alpha value is -6.57. The number of hydrogen-bond donors (Lipinski definition) is 0. The van der Waals surface area contributed by atoms with Crippen LogP contribution < -0.4 is 0 Å². The van der Waals surface area contributed by atoms with Crippen molar-refractivity contribution >= 4 is 44.5 Å². The normalized spacial score (nSPS) is 11.4. The van der Waals surface area contributed by atoms with E-state index in [0.717, 1.165) is 16.5 Å². The van der Waals surface area contributed by atoms with Gasteiger partial charge in [0.05, 0.1) is 0 Å². The molecule has 0 saturated heterocycles. The Morgan fingerprint density at radius 2 is 1.20 bits per heavy atom. The van der Waals surface area contributed by atoms with Gasteiger partial charge in [-0.25, -0.2) is 0 Å². The molecule has 0 saturated carbocycles. The molecule has 0 N–H and O–H groups in total. The van der Waals surface area contributed by atoms with E-state index in [9.17, 15) is 0 Å². The second-order valence-electron chi connectivity index (χ2n) is 15.4. The Balaban J connectivity index is 0.000000544. The maximum absolute atomic E-state index is 4.68. The smallest absolute Gasteiger partial charge is 0.0353 e. The van der Waals surface area contributed by atoms with Gasteiger partial charge >= 0.3 is 0 Å². The summed E-state index contributed by atoms with van der Waals surface area (Å²) in [4.78, 5) is 4.68. The summed E-state index contributed by atoms with van der Waals surface area (Å²) in [6.07, 6.45) is 12.0. The summed E-state index contributed by atoms with van der Waals surface area (Å²) >= 11 is 0. The number of benzene rings is 7. The Labute approximate surface area is 332 Å². The molecule has 0 unspecified atom stereocenters. The van der Waals surface area contributed by atoms with E-state index in [1.165, 1.54) is 82.6 Å². The van der Waals surface area contributed by atoms with E-state index in [4.69, 9.17) is 0 Å². The number of nitrogens with zero attached hydrogens (tertiary/aromatic N) is 1. The van der Waals surface area contributed by atoms with Crippen LogP contribution in [-0.2, 0) is 0 Å². The summed E-state index contributed by atoms with van der Waals surface area (Å²) in [6, 6.07) is 48.7. The maximum Gasteiger partial charge on any atom is 0.0353 e. The molecular formula is C55H49N. The first-order chi connectivity index (χ1) is 27.1. The molecule has 8 rings (SSSR count). The standard InChI is InChI=1S/C47H35N.C8H14/c1-4-12-38-32(5-2)14-10-21-40(38)34-16-9-19-37(29-34)47-42-24-23-31(3)27-44(42)46(43-25-26-48-30-45(43)47)36-18-8-17-35(28-36)41-22-11-15-33-13-6-7-20-39(33)41;1-6-7(2)8(3,4)5/h4-30H,2H2,1,3H3;6H,1-2H2,3-5H3/b12-4-;. The Bertz CT molecular complexity index is 2800. The quantitative estimate of drug-likeness (QED) is 0.118. The van der Waals surface area contributed by atoms with Gasteiger partial charge in [0.1, 0.15) is 0 Å². The van der Waals surface area contributed by atoms with E-state index in [1.807, 2.05) is 18.5 Å². The number of aryl methyl sites for hydroxylation is 1. The summed E-state index contributed by atoms with van der Waals surface area (Å²) in [5.41, 5.74) is 14.5. The van der Waals surface area contributed by atoms with Crippen molar-refractivity contribution in [2.75, 3.05) is 0 Å². The third-order valence-electron chi connectivity index (χ3n) is 10.7. The van der Waals surface area contributed by atoms with Crippen molar-refractivity contribution in [2.24, 2.45) is 5.41 Å². The van der Waals surface area contributed by atoms with Crippen LogP contribution in [0.5, 0.6) is 0 Å². The third kappa shape index (κ3) is 7.41. The van der Waals surface area contributed by atoms with Gasteiger partial charge in [-0.15, -0.1) is 0 Å². The zero-order valence-electron chi connectivity index (χ0n) is 33.2. The van der Waals surface area contributed by atoms with Gasteiger partial charge < -0.3 is 0 Å². The topological polar surface area (TPSA) is 12.9 Å². The number of aromatic nitrogens is 1. The van der Waals surface area contributed by atoms with Crippen molar-refractivity contribution in [3.8, 4) is 44.5 Å². The van der Waals surface area contributed by atoms with Gasteiger partial charge in [-0.1, -0.05) is 191 Å². The fraction of sp³-hybridized carbons (Fsp3) is 0.109. The monoisotopic (exact) mass is 723 g/mol. The maximum atomic E-state index is 4.68.